The fourth-order valence-corrected chi connectivity index (χ4v) is 4.90. The number of thiocarbonyl (C=S) groups is 1. The van der Waals surface area contributed by atoms with E-state index in [-0.39, 0.29) is 24.9 Å². The van der Waals surface area contributed by atoms with Gasteiger partial charge in [0.05, 0.1) is 18.6 Å². The van der Waals surface area contributed by atoms with Crippen LogP contribution in [0, 0.1) is 0 Å². The first-order chi connectivity index (χ1) is 16.3. The highest BCUT2D eigenvalue weighted by Gasteiger charge is 2.31. The molecule has 1 amide bonds. The molecule has 1 heterocycles. The van der Waals surface area contributed by atoms with Gasteiger partial charge in [0.2, 0.25) is 0 Å². The Hall–Kier alpha value is -2.26. The van der Waals surface area contributed by atoms with E-state index in [9.17, 15) is 9.59 Å². The molecular formula is C24H23Cl2NO5S2. The highest BCUT2D eigenvalue weighted by Crippen LogP contribution is 2.35. The molecule has 0 saturated carbocycles. The smallest absolute Gasteiger partial charge is 0.305 e. The van der Waals surface area contributed by atoms with Crippen molar-refractivity contribution in [1.82, 2.24) is 4.90 Å². The number of ether oxygens (including phenoxy) is 3. The van der Waals surface area contributed by atoms with Crippen LogP contribution in [0.1, 0.15) is 30.9 Å². The third kappa shape index (κ3) is 6.88. The van der Waals surface area contributed by atoms with E-state index >= 15 is 0 Å². The van der Waals surface area contributed by atoms with E-state index in [1.807, 2.05) is 25.1 Å². The lowest BCUT2D eigenvalue weighted by molar-refractivity contribution is -0.141. The molecular weight excluding hydrogens is 517 g/mol. The highest BCUT2D eigenvalue weighted by molar-refractivity contribution is 8.26. The zero-order chi connectivity index (χ0) is 24.7. The quantitative estimate of drug-likeness (QED) is 0.204. The van der Waals surface area contributed by atoms with Crippen molar-refractivity contribution < 1.29 is 23.8 Å². The minimum Gasteiger partial charge on any atom is -0.490 e. The summed E-state index contributed by atoms with van der Waals surface area (Å²) >= 11 is 18.8. The Morgan fingerprint density at radius 3 is 2.65 bits per heavy atom. The third-order valence-corrected chi connectivity index (χ3v) is 6.79. The molecule has 0 radical (unpaired) electrons. The molecule has 1 fully saturated rings. The monoisotopic (exact) mass is 539 g/mol. The molecule has 0 bridgehead atoms. The minimum absolute atomic E-state index is 0.185. The van der Waals surface area contributed by atoms with Crippen LogP contribution in [0.5, 0.6) is 11.5 Å². The molecule has 10 heteroatoms. The van der Waals surface area contributed by atoms with Gasteiger partial charge < -0.3 is 14.2 Å². The van der Waals surface area contributed by atoms with Crippen molar-refractivity contribution >= 4 is 69.5 Å². The number of carbonyl (C=O) groups excluding carboxylic acids is 2. The summed E-state index contributed by atoms with van der Waals surface area (Å²) < 4.78 is 16.8. The van der Waals surface area contributed by atoms with E-state index in [0.717, 1.165) is 11.1 Å². The zero-order valence-corrected chi connectivity index (χ0v) is 21.8. The Bertz CT molecular complexity index is 1120. The Labute approximate surface area is 218 Å². The standard InChI is InChI=1S/C24H23Cl2NO5S2/c1-3-31-20-11-15(6-9-19(20)32-14-16-7-8-17(25)13-18(16)26)12-21-23(29)27(24(33)34-21)10-4-5-22(28)30-2/h6-9,11-13H,3-5,10,14H2,1-2H3/b21-12-. The van der Waals surface area contributed by atoms with E-state index in [1.54, 1.807) is 24.3 Å². The Balaban J connectivity index is 1.72. The SMILES string of the molecule is CCOc1cc(/C=C2\SC(=S)N(CCCC(=O)OC)C2=O)ccc1OCc1ccc(Cl)cc1Cl. The average Bonchev–Trinajstić information content (AvgIpc) is 3.07. The number of amides is 1. The molecule has 2 aromatic rings. The first kappa shape index (κ1) is 26.3. The fraction of sp³-hybridized carbons (Fsp3) is 0.292. The molecule has 0 aromatic heterocycles. The molecule has 0 aliphatic carbocycles. The van der Waals surface area contributed by atoms with Crippen LogP contribution in [-0.4, -0.2) is 41.4 Å². The van der Waals surface area contributed by atoms with Crippen LogP contribution in [0.3, 0.4) is 0 Å². The maximum Gasteiger partial charge on any atom is 0.305 e. The molecule has 3 rings (SSSR count). The van der Waals surface area contributed by atoms with Crippen LogP contribution >= 0.6 is 47.2 Å². The van der Waals surface area contributed by atoms with Crippen LogP contribution < -0.4 is 9.47 Å². The van der Waals surface area contributed by atoms with Crippen molar-refractivity contribution in [3.05, 3.63) is 62.5 Å². The number of esters is 1. The van der Waals surface area contributed by atoms with Gasteiger partial charge in [-0.25, -0.2) is 0 Å². The second kappa shape index (κ2) is 12.4. The topological polar surface area (TPSA) is 65.1 Å². The van der Waals surface area contributed by atoms with Crippen molar-refractivity contribution in [2.45, 2.75) is 26.4 Å². The number of hydrogen-bond donors (Lipinski definition) is 0. The van der Waals surface area contributed by atoms with Crippen molar-refractivity contribution in [2.24, 2.45) is 0 Å². The van der Waals surface area contributed by atoms with Gasteiger partial charge in [0.15, 0.2) is 11.5 Å². The number of methoxy groups -OCH3 is 1. The first-order valence-corrected chi connectivity index (χ1v) is 12.5. The lowest BCUT2D eigenvalue weighted by Crippen LogP contribution is -2.29. The first-order valence-electron chi connectivity index (χ1n) is 10.5. The third-order valence-electron chi connectivity index (χ3n) is 4.83. The molecule has 0 unspecified atom stereocenters. The van der Waals surface area contributed by atoms with Gasteiger partial charge >= 0.3 is 5.97 Å². The summed E-state index contributed by atoms with van der Waals surface area (Å²) in [6.45, 7) is 2.94. The van der Waals surface area contributed by atoms with Gasteiger partial charge in [-0.2, -0.15) is 0 Å². The highest BCUT2D eigenvalue weighted by atomic mass is 35.5. The van der Waals surface area contributed by atoms with Crippen LogP contribution in [0.2, 0.25) is 10.0 Å². The lowest BCUT2D eigenvalue weighted by atomic mass is 10.1. The van der Waals surface area contributed by atoms with E-state index in [2.05, 4.69) is 4.74 Å². The Morgan fingerprint density at radius 2 is 1.94 bits per heavy atom. The van der Waals surface area contributed by atoms with Gasteiger partial charge in [-0.1, -0.05) is 59.3 Å². The molecule has 1 aliphatic rings. The second-order valence-corrected chi connectivity index (χ2v) is 9.70. The molecule has 1 aliphatic heterocycles. The second-order valence-electron chi connectivity index (χ2n) is 7.18. The summed E-state index contributed by atoms with van der Waals surface area (Å²) in [6.07, 6.45) is 2.47. The van der Waals surface area contributed by atoms with Crippen molar-refractivity contribution in [1.29, 1.82) is 0 Å². The maximum atomic E-state index is 12.8. The predicted octanol–water partition coefficient (Wildman–Crippen LogP) is 6.13. The number of thioether (sulfide) groups is 1. The zero-order valence-electron chi connectivity index (χ0n) is 18.6. The van der Waals surface area contributed by atoms with Crippen molar-refractivity contribution in [3.63, 3.8) is 0 Å². The molecule has 0 spiro atoms. The van der Waals surface area contributed by atoms with Crippen LogP contribution in [0.25, 0.3) is 6.08 Å². The van der Waals surface area contributed by atoms with E-state index < -0.39 is 0 Å². The maximum absolute atomic E-state index is 12.8. The number of benzene rings is 2. The number of rotatable bonds is 10. The van der Waals surface area contributed by atoms with Gasteiger partial charge in [-0.15, -0.1) is 0 Å². The Kier molecular flexibility index (Phi) is 9.64. The molecule has 0 atom stereocenters. The molecule has 0 N–H and O–H groups in total. The summed E-state index contributed by atoms with van der Waals surface area (Å²) in [5.41, 5.74) is 1.57. The number of carbonyl (C=O) groups is 2. The normalized spacial score (nSPS) is 14.6. The van der Waals surface area contributed by atoms with Gasteiger partial charge in [-0.05, 0) is 49.2 Å². The molecule has 180 valence electrons. The molecule has 6 nitrogen and oxygen atoms in total. The minimum atomic E-state index is -0.315. The average molecular weight is 540 g/mol. The Morgan fingerprint density at radius 1 is 1.15 bits per heavy atom. The summed E-state index contributed by atoms with van der Waals surface area (Å²) in [4.78, 5) is 26.1. The van der Waals surface area contributed by atoms with Crippen molar-refractivity contribution in [2.75, 3.05) is 20.3 Å². The van der Waals surface area contributed by atoms with Crippen LogP contribution in [0.15, 0.2) is 41.3 Å². The fourth-order valence-electron chi connectivity index (χ4n) is 3.12. The van der Waals surface area contributed by atoms with E-state index in [1.165, 1.54) is 23.8 Å². The number of halogens is 2. The van der Waals surface area contributed by atoms with Crippen LogP contribution in [0.4, 0.5) is 0 Å². The van der Waals surface area contributed by atoms with E-state index in [0.29, 0.717) is 50.3 Å². The van der Waals surface area contributed by atoms with E-state index in [4.69, 9.17) is 44.9 Å². The van der Waals surface area contributed by atoms with Gasteiger partial charge in [0, 0.05) is 28.6 Å². The summed E-state index contributed by atoms with van der Waals surface area (Å²) in [5, 5.41) is 1.08. The summed E-state index contributed by atoms with van der Waals surface area (Å²) in [7, 11) is 1.34. The van der Waals surface area contributed by atoms with Crippen LogP contribution in [-0.2, 0) is 20.9 Å². The van der Waals surface area contributed by atoms with Gasteiger partial charge in [0.25, 0.3) is 5.91 Å². The van der Waals surface area contributed by atoms with Gasteiger partial charge in [-0.3, -0.25) is 14.5 Å². The number of hydrogen-bond acceptors (Lipinski definition) is 7. The molecule has 2 aromatic carbocycles. The predicted molar refractivity (Wildman–Crippen MR) is 140 cm³/mol. The number of nitrogens with zero attached hydrogens (tertiary/aromatic N) is 1. The van der Waals surface area contributed by atoms with Gasteiger partial charge in [0.1, 0.15) is 10.9 Å². The summed E-state index contributed by atoms with van der Waals surface area (Å²) in [5.74, 6) is 0.607. The largest absolute Gasteiger partial charge is 0.490 e. The summed E-state index contributed by atoms with van der Waals surface area (Å²) in [6, 6.07) is 10.7. The van der Waals surface area contributed by atoms with Crippen molar-refractivity contribution in [3.8, 4) is 11.5 Å². The molecule has 34 heavy (non-hydrogen) atoms. The lowest BCUT2D eigenvalue weighted by Gasteiger charge is -2.14. The molecule has 1 saturated heterocycles.